The van der Waals surface area contributed by atoms with Gasteiger partial charge in [-0.2, -0.15) is 5.26 Å². The summed E-state index contributed by atoms with van der Waals surface area (Å²) in [5.74, 6) is -1.29. The highest BCUT2D eigenvalue weighted by Crippen LogP contribution is 2.40. The number of benzene rings is 2. The van der Waals surface area contributed by atoms with Crippen LogP contribution in [0.25, 0.3) is 11.4 Å². The first-order valence-corrected chi connectivity index (χ1v) is 13.2. The summed E-state index contributed by atoms with van der Waals surface area (Å²) in [6.07, 6.45) is 15.4. The lowest BCUT2D eigenvalue weighted by atomic mass is 9.85. The largest absolute Gasteiger partial charge is 0.397 e. The molecule has 0 saturated carbocycles. The van der Waals surface area contributed by atoms with Gasteiger partial charge in [-0.3, -0.25) is 4.99 Å². The van der Waals surface area contributed by atoms with Crippen LogP contribution in [0.5, 0.6) is 0 Å². The summed E-state index contributed by atoms with van der Waals surface area (Å²) in [6, 6.07) is 15.6. The molecule has 2 aromatic carbocycles. The number of hydrogen-bond donors (Lipinski definition) is 3. The summed E-state index contributed by atoms with van der Waals surface area (Å²) < 4.78 is 14.9. The van der Waals surface area contributed by atoms with E-state index in [2.05, 4.69) is 31.7 Å². The van der Waals surface area contributed by atoms with Crippen LogP contribution < -0.4 is 16.4 Å². The zero-order valence-corrected chi connectivity index (χ0v) is 23.4. The van der Waals surface area contributed by atoms with E-state index in [-0.39, 0.29) is 0 Å². The maximum absolute atomic E-state index is 10.7. The average Bonchev–Trinajstić information content (AvgIpc) is 3.74. The van der Waals surface area contributed by atoms with E-state index in [1.54, 1.807) is 49.5 Å². The van der Waals surface area contributed by atoms with Gasteiger partial charge in [0.05, 0.1) is 46.7 Å². The van der Waals surface area contributed by atoms with Crippen molar-refractivity contribution < 1.29 is 9.47 Å². The Balaban J connectivity index is 1.43. The third-order valence-corrected chi connectivity index (χ3v) is 7.46. The van der Waals surface area contributed by atoms with Gasteiger partial charge in [0.25, 0.3) is 0 Å². The Morgan fingerprint density at radius 1 is 0.976 bits per heavy atom. The van der Waals surface area contributed by atoms with Crippen molar-refractivity contribution in [3.8, 4) is 17.4 Å². The molecule has 2 aliphatic rings. The predicted molar refractivity (Wildman–Crippen MR) is 160 cm³/mol. The lowest BCUT2D eigenvalue weighted by Crippen LogP contribution is -2.47. The third kappa shape index (κ3) is 4.63. The van der Waals surface area contributed by atoms with Crippen LogP contribution in [0.15, 0.2) is 120 Å². The minimum atomic E-state index is -1.41. The average molecular weight is 580 g/mol. The number of hydrogen-bond acceptors (Lipinski definition) is 9. The van der Waals surface area contributed by atoms with Crippen molar-refractivity contribution in [2.75, 3.05) is 24.9 Å². The van der Waals surface area contributed by atoms with E-state index in [1.807, 2.05) is 57.9 Å². The van der Waals surface area contributed by atoms with Gasteiger partial charge >= 0.3 is 0 Å². The molecule has 0 radical (unpaired) electrons. The number of fused-ring (bicyclic) bond motifs is 1. The van der Waals surface area contributed by atoms with Crippen LogP contribution in [0.2, 0.25) is 5.02 Å². The van der Waals surface area contributed by atoms with Gasteiger partial charge in [-0.1, -0.05) is 11.6 Å². The third-order valence-electron chi connectivity index (χ3n) is 7.16. The van der Waals surface area contributed by atoms with Gasteiger partial charge in [-0.25, -0.2) is 9.97 Å². The molecule has 210 valence electrons. The van der Waals surface area contributed by atoms with E-state index in [9.17, 15) is 5.26 Å². The molecule has 0 fully saturated rings. The summed E-state index contributed by atoms with van der Waals surface area (Å²) in [6.45, 7) is 0. The number of anilines is 2. The van der Waals surface area contributed by atoms with Crippen molar-refractivity contribution >= 4 is 29.2 Å². The Kier molecular flexibility index (Phi) is 6.88. The van der Waals surface area contributed by atoms with E-state index in [0.29, 0.717) is 39.1 Å². The SMILES string of the molecule is COC1(OC)C=C2N=CC(C#N)(Nc3ccc(-n4ccnc4)cc3)C(Nc3ccc(-n4ccnc4)c(Cl)c3)=C2C=C1N. The van der Waals surface area contributed by atoms with Crippen LogP contribution >= 0.6 is 11.6 Å². The normalized spacial score (nSPS) is 19.0. The maximum Gasteiger partial charge on any atom is 0.231 e. The topological polar surface area (TPSA) is 140 Å². The summed E-state index contributed by atoms with van der Waals surface area (Å²) >= 11 is 6.67. The fraction of sp³-hybridized carbons (Fsp3) is 0.133. The number of aromatic nitrogens is 4. The number of aliphatic imine (C=N–C) groups is 1. The number of nitrogens with two attached hydrogens (primary N) is 1. The first kappa shape index (κ1) is 27.0. The Morgan fingerprint density at radius 2 is 1.67 bits per heavy atom. The lowest BCUT2D eigenvalue weighted by Gasteiger charge is -2.37. The minimum absolute atomic E-state index is 0.299. The maximum atomic E-state index is 10.7. The van der Waals surface area contributed by atoms with Crippen LogP contribution in [-0.4, -0.2) is 50.9 Å². The predicted octanol–water partition coefficient (Wildman–Crippen LogP) is 4.57. The number of methoxy groups -OCH3 is 2. The van der Waals surface area contributed by atoms with Gasteiger partial charge in [0.2, 0.25) is 11.3 Å². The van der Waals surface area contributed by atoms with E-state index in [0.717, 1.165) is 11.4 Å². The molecule has 1 aliphatic carbocycles. The quantitative estimate of drug-likeness (QED) is 0.258. The zero-order valence-electron chi connectivity index (χ0n) is 22.7. The van der Waals surface area contributed by atoms with Gasteiger partial charge in [0, 0.05) is 67.7 Å². The van der Waals surface area contributed by atoms with Gasteiger partial charge in [-0.05, 0) is 48.5 Å². The fourth-order valence-electron chi connectivity index (χ4n) is 4.93. The number of dihydropyridines is 1. The van der Waals surface area contributed by atoms with Gasteiger partial charge in [-0.15, -0.1) is 0 Å². The molecule has 11 nitrogen and oxygen atoms in total. The summed E-state index contributed by atoms with van der Waals surface area (Å²) in [5.41, 5.74) is 10.0. The highest BCUT2D eigenvalue weighted by molar-refractivity contribution is 6.32. The van der Waals surface area contributed by atoms with E-state index in [4.69, 9.17) is 26.8 Å². The van der Waals surface area contributed by atoms with E-state index < -0.39 is 11.3 Å². The van der Waals surface area contributed by atoms with Gasteiger partial charge < -0.3 is 35.0 Å². The van der Waals surface area contributed by atoms with Crippen molar-refractivity contribution in [1.29, 1.82) is 5.26 Å². The van der Waals surface area contributed by atoms with Crippen LogP contribution in [0.4, 0.5) is 11.4 Å². The van der Waals surface area contributed by atoms with Crippen molar-refractivity contribution in [2.24, 2.45) is 10.7 Å². The fourth-order valence-corrected chi connectivity index (χ4v) is 5.21. The molecule has 3 heterocycles. The molecule has 1 atom stereocenters. The van der Waals surface area contributed by atoms with Crippen molar-refractivity contribution in [2.45, 2.75) is 11.3 Å². The molecule has 12 heteroatoms. The molecule has 1 unspecified atom stereocenters. The van der Waals surface area contributed by atoms with Crippen molar-refractivity contribution in [3.05, 3.63) is 120 Å². The van der Waals surface area contributed by atoms with Gasteiger partial charge in [0.1, 0.15) is 6.07 Å². The minimum Gasteiger partial charge on any atom is -0.397 e. The van der Waals surface area contributed by atoms with Crippen LogP contribution in [0.1, 0.15) is 0 Å². The first-order chi connectivity index (χ1) is 20.4. The molecule has 6 rings (SSSR count). The van der Waals surface area contributed by atoms with E-state index in [1.165, 1.54) is 14.2 Å². The number of nitrogens with one attached hydrogen (secondary N) is 2. The monoisotopic (exact) mass is 579 g/mol. The molecule has 0 saturated heterocycles. The highest BCUT2D eigenvalue weighted by Gasteiger charge is 2.43. The summed E-state index contributed by atoms with van der Waals surface area (Å²) in [5, 5.41) is 18.0. The standard InChI is InChI=1S/C30H26ClN9O2/c1-41-30(42-2)15-25-23(14-27(30)33)28(37-21-5-8-26(24(31)13-21)40-12-10-35-19-40)29(16-32,17-36-25)38-20-3-6-22(7-4-20)39-11-9-34-18-39/h3-15,17-19,37-38H,33H2,1-2H3. The van der Waals surface area contributed by atoms with Crippen molar-refractivity contribution in [3.63, 3.8) is 0 Å². The second-order valence-electron chi connectivity index (χ2n) is 9.57. The first-order valence-electron chi connectivity index (χ1n) is 12.8. The lowest BCUT2D eigenvalue weighted by molar-refractivity contribution is -0.143. The van der Waals surface area contributed by atoms with Crippen LogP contribution in [-0.2, 0) is 9.47 Å². The second kappa shape index (κ2) is 10.7. The molecule has 0 bridgehead atoms. The molecular weight excluding hydrogens is 554 g/mol. The smallest absolute Gasteiger partial charge is 0.231 e. The Morgan fingerprint density at radius 3 is 2.29 bits per heavy atom. The number of nitrogens with zero attached hydrogens (tertiary/aromatic N) is 6. The Labute approximate surface area is 246 Å². The molecule has 2 aromatic heterocycles. The van der Waals surface area contributed by atoms with Gasteiger partial charge in [0.15, 0.2) is 0 Å². The summed E-state index contributed by atoms with van der Waals surface area (Å²) in [4.78, 5) is 12.9. The zero-order chi connectivity index (χ0) is 29.3. The number of ether oxygens (including phenoxy) is 2. The van der Waals surface area contributed by atoms with Crippen LogP contribution in [0, 0.1) is 11.3 Å². The number of allylic oxidation sites excluding steroid dienone is 1. The number of halogens is 1. The van der Waals surface area contributed by atoms with Crippen molar-refractivity contribution in [1.82, 2.24) is 19.1 Å². The molecule has 42 heavy (non-hydrogen) atoms. The highest BCUT2D eigenvalue weighted by atomic mass is 35.5. The molecule has 4 N–H and O–H groups in total. The molecule has 0 spiro atoms. The molecule has 1 aliphatic heterocycles. The van der Waals surface area contributed by atoms with E-state index >= 15 is 0 Å². The second-order valence-corrected chi connectivity index (χ2v) is 9.98. The Bertz CT molecular complexity index is 1780. The molecular formula is C30H26ClN9O2. The summed E-state index contributed by atoms with van der Waals surface area (Å²) in [7, 11) is 3.00. The Hall–Kier alpha value is -5.15. The number of nitriles is 1. The molecule has 4 aromatic rings. The number of rotatable bonds is 8. The van der Waals surface area contributed by atoms with Crippen LogP contribution in [0.3, 0.4) is 0 Å². The molecule has 0 amide bonds. The number of imidazole rings is 2.